The van der Waals surface area contributed by atoms with E-state index in [0.717, 1.165) is 11.3 Å². The molecule has 1 aromatic carbocycles. The molecule has 2 rings (SSSR count). The van der Waals surface area contributed by atoms with Crippen molar-refractivity contribution >= 4 is 5.95 Å². The Morgan fingerprint density at radius 1 is 1.11 bits per heavy atom. The Morgan fingerprint density at radius 3 is 2.63 bits per heavy atom. The Kier molecular flexibility index (Phi) is 4.18. The molecule has 0 saturated heterocycles. The second kappa shape index (κ2) is 6.04. The van der Waals surface area contributed by atoms with Crippen LogP contribution in [0.1, 0.15) is 5.56 Å². The highest BCUT2D eigenvalue weighted by Gasteiger charge is 2.09. The molecule has 5 heteroatoms. The average molecular weight is 259 g/mol. The van der Waals surface area contributed by atoms with Gasteiger partial charge in [-0.1, -0.05) is 18.2 Å². The lowest BCUT2D eigenvalue weighted by atomic mass is 10.2. The van der Waals surface area contributed by atoms with E-state index in [4.69, 9.17) is 9.47 Å². The molecule has 0 aliphatic carbocycles. The second-order valence-electron chi connectivity index (χ2n) is 4.07. The van der Waals surface area contributed by atoms with Gasteiger partial charge in [-0.3, -0.25) is 0 Å². The van der Waals surface area contributed by atoms with Gasteiger partial charge in [0.1, 0.15) is 5.75 Å². The van der Waals surface area contributed by atoms with Crippen LogP contribution in [-0.2, 0) is 6.54 Å². The molecule has 0 fully saturated rings. The first-order valence-electron chi connectivity index (χ1n) is 5.94. The van der Waals surface area contributed by atoms with Gasteiger partial charge < -0.3 is 14.4 Å². The fourth-order valence-electron chi connectivity index (χ4n) is 1.79. The van der Waals surface area contributed by atoms with Crippen LogP contribution in [0.5, 0.6) is 11.6 Å². The first kappa shape index (κ1) is 13.1. The standard InChI is InChI=1S/C14H17N3O2/c1-17(14-15-9-8-13(16-14)19-3)10-11-6-4-5-7-12(11)18-2/h4-9H,10H2,1-3H3. The number of hydrogen-bond donors (Lipinski definition) is 0. The summed E-state index contributed by atoms with van der Waals surface area (Å²) in [6.45, 7) is 0.664. The van der Waals surface area contributed by atoms with Crippen LogP contribution in [-0.4, -0.2) is 31.2 Å². The predicted octanol–water partition coefficient (Wildman–Crippen LogP) is 2.13. The van der Waals surface area contributed by atoms with Crippen molar-refractivity contribution in [1.82, 2.24) is 9.97 Å². The molecular weight excluding hydrogens is 242 g/mol. The SMILES string of the molecule is COc1ccnc(N(C)Cc2ccccc2OC)n1. The number of aromatic nitrogens is 2. The summed E-state index contributed by atoms with van der Waals surface area (Å²) >= 11 is 0. The van der Waals surface area contributed by atoms with E-state index in [1.54, 1.807) is 26.5 Å². The van der Waals surface area contributed by atoms with E-state index < -0.39 is 0 Å². The largest absolute Gasteiger partial charge is 0.496 e. The Labute approximate surface area is 112 Å². The maximum Gasteiger partial charge on any atom is 0.228 e. The zero-order valence-electron chi connectivity index (χ0n) is 11.3. The second-order valence-corrected chi connectivity index (χ2v) is 4.07. The molecule has 0 unspecified atom stereocenters. The van der Waals surface area contributed by atoms with Crippen LogP contribution in [0.3, 0.4) is 0 Å². The lowest BCUT2D eigenvalue weighted by Crippen LogP contribution is -2.19. The maximum absolute atomic E-state index is 5.33. The van der Waals surface area contributed by atoms with Gasteiger partial charge in [-0.2, -0.15) is 4.98 Å². The molecule has 0 atom stereocenters. The number of benzene rings is 1. The van der Waals surface area contributed by atoms with E-state index >= 15 is 0 Å². The van der Waals surface area contributed by atoms with Gasteiger partial charge in [0.15, 0.2) is 0 Å². The summed E-state index contributed by atoms with van der Waals surface area (Å²) in [5.41, 5.74) is 1.08. The molecule has 2 aromatic rings. The molecule has 19 heavy (non-hydrogen) atoms. The minimum atomic E-state index is 0.553. The summed E-state index contributed by atoms with van der Waals surface area (Å²) in [7, 11) is 5.19. The molecule has 0 saturated carbocycles. The molecular formula is C14H17N3O2. The number of ether oxygens (including phenoxy) is 2. The van der Waals surface area contributed by atoms with E-state index in [0.29, 0.717) is 18.4 Å². The van der Waals surface area contributed by atoms with Crippen LogP contribution in [0.15, 0.2) is 36.5 Å². The Balaban J connectivity index is 2.18. The fraction of sp³-hybridized carbons (Fsp3) is 0.286. The van der Waals surface area contributed by atoms with Crippen molar-refractivity contribution in [3.63, 3.8) is 0 Å². The first-order chi connectivity index (χ1) is 9.24. The molecule has 100 valence electrons. The third kappa shape index (κ3) is 3.13. The van der Waals surface area contributed by atoms with Gasteiger partial charge in [-0.05, 0) is 6.07 Å². The van der Waals surface area contributed by atoms with Crippen molar-refractivity contribution in [3.05, 3.63) is 42.1 Å². The van der Waals surface area contributed by atoms with Crippen LogP contribution in [0.2, 0.25) is 0 Å². The third-order valence-corrected chi connectivity index (χ3v) is 2.77. The lowest BCUT2D eigenvalue weighted by Gasteiger charge is -2.18. The quantitative estimate of drug-likeness (QED) is 0.823. The number of methoxy groups -OCH3 is 2. The Morgan fingerprint density at radius 2 is 1.89 bits per heavy atom. The number of hydrogen-bond acceptors (Lipinski definition) is 5. The van der Waals surface area contributed by atoms with Gasteiger partial charge in [-0.25, -0.2) is 4.98 Å². The highest BCUT2D eigenvalue weighted by Crippen LogP contribution is 2.20. The van der Waals surface area contributed by atoms with Crippen molar-refractivity contribution < 1.29 is 9.47 Å². The highest BCUT2D eigenvalue weighted by molar-refractivity contribution is 5.38. The molecule has 0 spiro atoms. The van der Waals surface area contributed by atoms with Crippen molar-refractivity contribution in [1.29, 1.82) is 0 Å². The van der Waals surface area contributed by atoms with Gasteiger partial charge >= 0.3 is 0 Å². The zero-order valence-corrected chi connectivity index (χ0v) is 11.3. The van der Waals surface area contributed by atoms with E-state index in [1.807, 2.05) is 36.2 Å². The summed E-state index contributed by atoms with van der Waals surface area (Å²) < 4.78 is 10.4. The van der Waals surface area contributed by atoms with Crippen LogP contribution < -0.4 is 14.4 Å². The molecule has 0 aliphatic heterocycles. The summed E-state index contributed by atoms with van der Waals surface area (Å²) in [5.74, 6) is 2.03. The number of para-hydroxylation sites is 1. The highest BCUT2D eigenvalue weighted by atomic mass is 16.5. The van der Waals surface area contributed by atoms with Crippen molar-refractivity contribution in [3.8, 4) is 11.6 Å². The maximum atomic E-state index is 5.33. The van der Waals surface area contributed by atoms with Crippen LogP contribution in [0.4, 0.5) is 5.95 Å². The fourth-order valence-corrected chi connectivity index (χ4v) is 1.79. The van der Waals surface area contributed by atoms with Gasteiger partial charge in [0.2, 0.25) is 11.8 Å². The topological polar surface area (TPSA) is 47.5 Å². The molecule has 0 bridgehead atoms. The van der Waals surface area contributed by atoms with Crippen LogP contribution in [0, 0.1) is 0 Å². The summed E-state index contributed by atoms with van der Waals surface area (Å²) in [4.78, 5) is 10.5. The number of anilines is 1. The van der Waals surface area contributed by atoms with Gasteiger partial charge in [-0.15, -0.1) is 0 Å². The number of nitrogens with zero attached hydrogens (tertiary/aromatic N) is 3. The monoisotopic (exact) mass is 259 g/mol. The van der Waals surface area contributed by atoms with Gasteiger partial charge in [0.25, 0.3) is 0 Å². The van der Waals surface area contributed by atoms with E-state index in [1.165, 1.54) is 0 Å². The van der Waals surface area contributed by atoms with E-state index in [9.17, 15) is 0 Å². The van der Waals surface area contributed by atoms with E-state index in [2.05, 4.69) is 9.97 Å². The van der Waals surface area contributed by atoms with E-state index in [-0.39, 0.29) is 0 Å². The summed E-state index contributed by atoms with van der Waals surface area (Å²) in [6.07, 6.45) is 1.68. The van der Waals surface area contributed by atoms with Gasteiger partial charge in [0.05, 0.1) is 14.2 Å². The minimum Gasteiger partial charge on any atom is -0.496 e. The summed E-state index contributed by atoms with van der Waals surface area (Å²) in [6, 6.07) is 9.62. The first-order valence-corrected chi connectivity index (χ1v) is 5.94. The molecule has 0 aliphatic rings. The lowest BCUT2D eigenvalue weighted by molar-refractivity contribution is 0.396. The van der Waals surface area contributed by atoms with Crippen LogP contribution >= 0.6 is 0 Å². The smallest absolute Gasteiger partial charge is 0.228 e. The van der Waals surface area contributed by atoms with Crippen molar-refractivity contribution in [2.45, 2.75) is 6.54 Å². The minimum absolute atomic E-state index is 0.553. The Hall–Kier alpha value is -2.30. The molecule has 5 nitrogen and oxygen atoms in total. The molecule has 0 radical (unpaired) electrons. The van der Waals surface area contributed by atoms with Crippen molar-refractivity contribution in [2.24, 2.45) is 0 Å². The van der Waals surface area contributed by atoms with Crippen LogP contribution in [0.25, 0.3) is 0 Å². The molecule has 1 heterocycles. The normalized spacial score (nSPS) is 10.1. The predicted molar refractivity (Wildman–Crippen MR) is 73.7 cm³/mol. The van der Waals surface area contributed by atoms with Crippen molar-refractivity contribution in [2.75, 3.05) is 26.2 Å². The number of rotatable bonds is 5. The molecule has 0 amide bonds. The Bertz CT molecular complexity index is 546. The zero-order chi connectivity index (χ0) is 13.7. The average Bonchev–Trinajstić information content (AvgIpc) is 2.47. The third-order valence-electron chi connectivity index (χ3n) is 2.77. The molecule has 0 N–H and O–H groups in total. The summed E-state index contributed by atoms with van der Waals surface area (Å²) in [5, 5.41) is 0. The molecule has 1 aromatic heterocycles. The van der Waals surface area contributed by atoms with Gasteiger partial charge in [0, 0.05) is 31.4 Å².